The number of nitrogens with zero attached hydrogens (tertiary/aromatic N) is 1. The molecule has 0 radical (unpaired) electrons. The van der Waals surface area contributed by atoms with Gasteiger partial charge in [0.05, 0.1) is 43.0 Å². The number of ketones is 1. The summed E-state index contributed by atoms with van der Waals surface area (Å²) in [6.07, 6.45) is 7.30. The predicted octanol–water partition coefficient (Wildman–Crippen LogP) is 1.48. The van der Waals surface area contributed by atoms with E-state index >= 15 is 0 Å². The number of amides is 2. The first-order valence-corrected chi connectivity index (χ1v) is 15.4. The van der Waals surface area contributed by atoms with E-state index in [0.717, 1.165) is 6.42 Å². The van der Waals surface area contributed by atoms with Crippen molar-refractivity contribution in [2.75, 3.05) is 13.7 Å². The second-order valence-electron chi connectivity index (χ2n) is 13.2. The number of carbonyl (C=O) groups excluding carboxylic acids is 3. The van der Waals surface area contributed by atoms with E-state index in [1.165, 1.54) is 30.2 Å². The second kappa shape index (κ2) is 11.8. The first-order chi connectivity index (χ1) is 20.2. The molecule has 5 aliphatic heterocycles. The average molecular weight is 603 g/mol. The predicted molar refractivity (Wildman–Crippen MR) is 155 cm³/mol. The highest BCUT2D eigenvalue weighted by molar-refractivity contribution is 6.12. The third kappa shape index (κ3) is 5.64. The van der Waals surface area contributed by atoms with Crippen LogP contribution in [-0.4, -0.2) is 101 Å². The highest BCUT2D eigenvalue weighted by Gasteiger charge is 2.66. The minimum atomic E-state index is -1.38. The Balaban J connectivity index is 1.27. The molecule has 5 rings (SSSR count). The van der Waals surface area contributed by atoms with Gasteiger partial charge < -0.3 is 39.4 Å². The highest BCUT2D eigenvalue weighted by atomic mass is 16.8. The fraction of sp³-hybridized carbons (Fsp3) is 0.719. The van der Waals surface area contributed by atoms with E-state index < -0.39 is 71.4 Å². The van der Waals surface area contributed by atoms with Crippen molar-refractivity contribution in [1.29, 1.82) is 0 Å². The molecule has 3 saturated heterocycles. The van der Waals surface area contributed by atoms with E-state index in [2.05, 4.69) is 31.3 Å². The van der Waals surface area contributed by atoms with Gasteiger partial charge in [-0.05, 0) is 44.3 Å². The number of hydrogen-bond acceptors (Lipinski definition) is 9. The minimum Gasteiger partial charge on any atom is -0.388 e. The first kappa shape index (κ1) is 32.0. The monoisotopic (exact) mass is 602 g/mol. The van der Waals surface area contributed by atoms with Crippen molar-refractivity contribution in [2.24, 2.45) is 29.6 Å². The van der Waals surface area contributed by atoms with Gasteiger partial charge in [0.25, 0.3) is 0 Å². The summed E-state index contributed by atoms with van der Waals surface area (Å²) in [5.74, 6) is -4.36. The van der Waals surface area contributed by atoms with Gasteiger partial charge in [0.15, 0.2) is 17.6 Å². The lowest BCUT2D eigenvalue weighted by Crippen LogP contribution is -2.61. The Bertz CT molecular complexity index is 1200. The lowest BCUT2D eigenvalue weighted by Gasteiger charge is -2.51. The van der Waals surface area contributed by atoms with Crippen molar-refractivity contribution in [3.8, 4) is 0 Å². The fourth-order valence-corrected chi connectivity index (χ4v) is 7.12. The van der Waals surface area contributed by atoms with Crippen LogP contribution in [0.2, 0.25) is 0 Å². The molecular formula is C32H46N2O9. The van der Waals surface area contributed by atoms with Crippen molar-refractivity contribution in [2.45, 2.75) is 102 Å². The van der Waals surface area contributed by atoms with Gasteiger partial charge in [-0.1, -0.05) is 52.0 Å². The lowest BCUT2D eigenvalue weighted by atomic mass is 9.79. The molecule has 0 aromatic carbocycles. The van der Waals surface area contributed by atoms with E-state index in [0.29, 0.717) is 6.61 Å². The van der Waals surface area contributed by atoms with Crippen LogP contribution in [0.1, 0.15) is 48.0 Å². The van der Waals surface area contributed by atoms with Gasteiger partial charge in [0.2, 0.25) is 17.6 Å². The number of epoxide rings is 1. The maximum atomic E-state index is 13.7. The molecule has 2 bridgehead atoms. The molecule has 3 N–H and O–H groups in total. The Labute approximate surface area is 253 Å². The van der Waals surface area contributed by atoms with Crippen LogP contribution in [0.5, 0.6) is 0 Å². The third-order valence-corrected chi connectivity index (χ3v) is 9.95. The quantitative estimate of drug-likeness (QED) is 0.203. The summed E-state index contributed by atoms with van der Waals surface area (Å²) in [6.45, 7) is 12.0. The van der Waals surface area contributed by atoms with Crippen LogP contribution in [0.3, 0.4) is 0 Å². The van der Waals surface area contributed by atoms with Gasteiger partial charge >= 0.3 is 0 Å². The van der Waals surface area contributed by atoms with E-state index in [1.54, 1.807) is 13.8 Å². The maximum absolute atomic E-state index is 13.7. The van der Waals surface area contributed by atoms with E-state index in [9.17, 15) is 24.6 Å². The summed E-state index contributed by atoms with van der Waals surface area (Å²) in [5, 5.41) is 23.7. The van der Waals surface area contributed by atoms with Gasteiger partial charge in [0, 0.05) is 13.0 Å². The van der Waals surface area contributed by atoms with Crippen LogP contribution in [-0.2, 0) is 33.3 Å². The van der Waals surface area contributed by atoms with Crippen LogP contribution >= 0.6 is 0 Å². The molecule has 2 amide bonds. The van der Waals surface area contributed by atoms with E-state index in [4.69, 9.17) is 18.9 Å². The summed E-state index contributed by atoms with van der Waals surface area (Å²) in [4.78, 5) is 41.1. The smallest absolute Gasteiger partial charge is 0.239 e. The largest absolute Gasteiger partial charge is 0.388 e. The van der Waals surface area contributed by atoms with Gasteiger partial charge in [-0.2, -0.15) is 0 Å². The zero-order valence-electron chi connectivity index (χ0n) is 26.0. The molecular weight excluding hydrogens is 556 g/mol. The number of fused-ring (bicyclic) bond motifs is 3. The van der Waals surface area contributed by atoms with Crippen LogP contribution in [0.15, 0.2) is 36.5 Å². The molecule has 5 heterocycles. The maximum Gasteiger partial charge on any atom is 0.239 e. The standard InChI is InChI=1S/C32H46N2O9/c1-16(14-17(2)28-18(3)23-12-13-32(15-40-32)31(6,42-23)43-28)8-9-22(36)25-27(37)26(19(4)29(38)33-7)34(30(25)39)24-11-10-21(35)20(5)41-24/h8-13,16-26,28,35-36H,14-15H2,1-7H3,(H,33,38)/b9-8+/t16?,17-,18+,19+,20+,21+,22?,23-,24+,25?,26+,28-,31-,32-/m1/s1. The Hall–Kier alpha value is -2.41. The van der Waals surface area contributed by atoms with Crippen LogP contribution in [0.4, 0.5) is 0 Å². The Kier molecular flexibility index (Phi) is 8.80. The normalized spacial score (nSPS) is 43.2. The van der Waals surface area contributed by atoms with E-state index in [1.807, 2.05) is 19.9 Å². The van der Waals surface area contributed by atoms with E-state index in [-0.39, 0.29) is 30.0 Å². The van der Waals surface area contributed by atoms with Crippen LogP contribution in [0, 0.1) is 29.6 Å². The van der Waals surface area contributed by atoms with Gasteiger partial charge in [-0.3, -0.25) is 14.4 Å². The van der Waals surface area contributed by atoms with Crippen molar-refractivity contribution >= 4 is 17.6 Å². The van der Waals surface area contributed by atoms with Gasteiger partial charge in [-0.15, -0.1) is 0 Å². The van der Waals surface area contributed by atoms with Crippen molar-refractivity contribution in [1.82, 2.24) is 10.2 Å². The molecule has 0 aromatic rings. The molecule has 1 spiro atoms. The number of aliphatic hydroxyl groups excluding tert-OH is 2. The van der Waals surface area contributed by atoms with Crippen LogP contribution in [0.25, 0.3) is 0 Å². The summed E-state index contributed by atoms with van der Waals surface area (Å²) in [5.41, 5.74) is -0.519. The summed E-state index contributed by atoms with van der Waals surface area (Å²) < 4.78 is 24.4. The number of Topliss-reactive ketones (excluding diaryl/α,β-unsaturated/α-hetero) is 1. The number of nitrogens with one attached hydrogen (secondary N) is 1. The fourth-order valence-electron chi connectivity index (χ4n) is 7.12. The van der Waals surface area contributed by atoms with Crippen molar-refractivity contribution < 1.29 is 43.5 Å². The summed E-state index contributed by atoms with van der Waals surface area (Å²) in [6, 6.07) is -1.13. The summed E-state index contributed by atoms with van der Waals surface area (Å²) >= 11 is 0. The molecule has 14 atom stereocenters. The zero-order chi connectivity index (χ0) is 31.4. The minimum absolute atomic E-state index is 0.00728. The van der Waals surface area contributed by atoms with Crippen LogP contribution < -0.4 is 5.32 Å². The number of hydrogen-bond donors (Lipinski definition) is 3. The molecule has 238 valence electrons. The zero-order valence-corrected chi connectivity index (χ0v) is 26.0. The average Bonchev–Trinajstić information content (AvgIpc) is 3.71. The lowest BCUT2D eigenvalue weighted by molar-refractivity contribution is -0.348. The highest BCUT2D eigenvalue weighted by Crippen LogP contribution is 2.52. The number of likely N-dealkylation sites (tertiary alicyclic amines) is 1. The number of allylic oxidation sites excluding steroid dienone is 1. The Morgan fingerprint density at radius 3 is 2.49 bits per heavy atom. The molecule has 3 fully saturated rings. The molecule has 11 heteroatoms. The number of aliphatic hydroxyl groups is 2. The molecule has 5 aliphatic rings. The Morgan fingerprint density at radius 1 is 1.16 bits per heavy atom. The second-order valence-corrected chi connectivity index (χ2v) is 13.2. The molecule has 11 nitrogen and oxygen atoms in total. The molecule has 43 heavy (non-hydrogen) atoms. The Morgan fingerprint density at radius 2 is 1.86 bits per heavy atom. The van der Waals surface area contributed by atoms with Gasteiger partial charge in [-0.25, -0.2) is 0 Å². The SMILES string of the molecule is CNC(=O)[C@@H](C)[C@H]1C(=O)C(C(O)/C=C/C(C)C[C@@H](C)[C@H]2O[C@@]3(C)O[C@H](C=C[C@@]34CO4)[C@@H]2C)C(=O)N1[C@@H]1C=C[C@H](O)[C@H](C)O1. The number of rotatable bonds is 9. The van der Waals surface area contributed by atoms with Gasteiger partial charge in [0.1, 0.15) is 12.0 Å². The molecule has 3 unspecified atom stereocenters. The molecule has 0 aliphatic carbocycles. The number of carbonyl (C=O) groups is 3. The van der Waals surface area contributed by atoms with Crippen molar-refractivity contribution in [3.05, 3.63) is 36.5 Å². The summed E-state index contributed by atoms with van der Waals surface area (Å²) in [7, 11) is 1.46. The first-order valence-electron chi connectivity index (χ1n) is 15.4. The topological polar surface area (TPSA) is 147 Å². The van der Waals surface area contributed by atoms with Crippen molar-refractivity contribution in [3.63, 3.8) is 0 Å². The molecule has 0 aromatic heterocycles. The number of ether oxygens (including phenoxy) is 4. The molecule has 0 saturated carbocycles. The third-order valence-electron chi connectivity index (χ3n) is 9.95.